The number of halogens is 1. The minimum absolute atomic E-state index is 0.0720. The van der Waals surface area contributed by atoms with Crippen LogP contribution in [-0.4, -0.2) is 28.3 Å². The van der Waals surface area contributed by atoms with E-state index in [0.717, 1.165) is 12.8 Å². The highest BCUT2D eigenvalue weighted by molar-refractivity contribution is 6.30. The number of aromatic nitrogens is 2. The molecule has 1 saturated heterocycles. The number of anilines is 2. The first-order valence-corrected chi connectivity index (χ1v) is 9.43. The van der Waals surface area contributed by atoms with E-state index >= 15 is 0 Å². The minimum atomic E-state index is -0.473. The van der Waals surface area contributed by atoms with Crippen LogP contribution in [0.1, 0.15) is 12.8 Å². The number of hydrogen-bond donors (Lipinski definition) is 2. The summed E-state index contributed by atoms with van der Waals surface area (Å²) in [6.07, 6.45) is 1.75. The lowest BCUT2D eigenvalue weighted by Gasteiger charge is -2.18. The third kappa shape index (κ3) is 4.00. The van der Waals surface area contributed by atoms with Gasteiger partial charge in [0.25, 0.3) is 0 Å². The second-order valence-corrected chi connectivity index (χ2v) is 7.03. The Morgan fingerprint density at radius 2 is 2.07 bits per heavy atom. The number of para-hydroxylation sites is 1. The maximum Gasteiger partial charge on any atom is 0.349 e. The molecule has 1 aromatic heterocycles. The number of rotatable bonds is 4. The summed E-state index contributed by atoms with van der Waals surface area (Å²) in [4.78, 5) is 29.4. The molecular formula is C20H19ClN4O3. The first-order chi connectivity index (χ1) is 13.6. The maximum absolute atomic E-state index is 12.6. The van der Waals surface area contributed by atoms with Gasteiger partial charge >= 0.3 is 11.7 Å². The minimum Gasteiger partial charge on any atom is -0.376 e. The highest BCUT2D eigenvalue weighted by atomic mass is 35.5. The second-order valence-electron chi connectivity index (χ2n) is 6.60. The maximum atomic E-state index is 12.6. The summed E-state index contributed by atoms with van der Waals surface area (Å²) in [6, 6.07) is 13.6. The van der Waals surface area contributed by atoms with E-state index in [1.807, 2.05) is 12.1 Å². The number of nitrogens with zero attached hydrogens (tertiary/aromatic N) is 2. The van der Waals surface area contributed by atoms with Crippen molar-refractivity contribution in [2.24, 2.45) is 0 Å². The molecule has 0 aliphatic carbocycles. The molecule has 0 bridgehead atoms. The van der Waals surface area contributed by atoms with Gasteiger partial charge in [-0.25, -0.2) is 9.59 Å². The smallest absolute Gasteiger partial charge is 0.349 e. The summed E-state index contributed by atoms with van der Waals surface area (Å²) < 4.78 is 7.13. The molecule has 0 saturated carbocycles. The zero-order valence-electron chi connectivity index (χ0n) is 15.0. The van der Waals surface area contributed by atoms with Crippen molar-refractivity contribution in [3.05, 3.63) is 64.0 Å². The molecule has 2 heterocycles. The molecule has 8 heteroatoms. The SMILES string of the molecule is O=C(Nc1cccc(Cl)c1)Nc1c2ccccc2nc(=O)n1CC1CCCO1. The molecular weight excluding hydrogens is 380 g/mol. The van der Waals surface area contributed by atoms with Crippen molar-refractivity contribution in [3.8, 4) is 0 Å². The number of carbonyl (C=O) groups excluding carboxylic acids is 1. The predicted molar refractivity (Wildman–Crippen MR) is 109 cm³/mol. The monoisotopic (exact) mass is 398 g/mol. The van der Waals surface area contributed by atoms with Gasteiger partial charge in [0, 0.05) is 22.7 Å². The standard InChI is InChI=1S/C20H19ClN4O3/c21-13-5-3-6-14(11-13)22-19(26)24-18-16-8-1-2-9-17(16)23-20(27)25(18)12-15-7-4-10-28-15/h1-3,5-6,8-9,11,15H,4,7,10,12H2,(H2,22,24,26). The van der Waals surface area contributed by atoms with Crippen LogP contribution < -0.4 is 16.3 Å². The molecule has 2 N–H and O–H groups in total. The molecule has 0 radical (unpaired) electrons. The van der Waals surface area contributed by atoms with Crippen molar-refractivity contribution in [2.75, 3.05) is 17.2 Å². The molecule has 28 heavy (non-hydrogen) atoms. The Morgan fingerprint density at radius 1 is 1.21 bits per heavy atom. The van der Waals surface area contributed by atoms with Crippen LogP contribution in [0.3, 0.4) is 0 Å². The van der Waals surface area contributed by atoms with Crippen molar-refractivity contribution < 1.29 is 9.53 Å². The first-order valence-electron chi connectivity index (χ1n) is 9.05. The van der Waals surface area contributed by atoms with Crippen LogP contribution in [-0.2, 0) is 11.3 Å². The molecule has 1 aliphatic heterocycles. The molecule has 0 spiro atoms. The van der Waals surface area contributed by atoms with Crippen LogP contribution in [0, 0.1) is 0 Å². The molecule has 1 atom stereocenters. The second kappa shape index (κ2) is 8.00. The molecule has 4 rings (SSSR count). The number of ether oxygens (including phenoxy) is 1. The number of fused-ring (bicyclic) bond motifs is 1. The number of amides is 2. The molecule has 1 fully saturated rings. The Hall–Kier alpha value is -2.90. The average Bonchev–Trinajstić information content (AvgIpc) is 3.18. The lowest BCUT2D eigenvalue weighted by molar-refractivity contribution is 0.0964. The molecule has 1 unspecified atom stereocenters. The fourth-order valence-corrected chi connectivity index (χ4v) is 3.50. The third-order valence-corrected chi connectivity index (χ3v) is 4.84. The summed E-state index contributed by atoms with van der Waals surface area (Å²) in [6.45, 7) is 1.02. The van der Waals surface area contributed by atoms with Crippen molar-refractivity contribution in [2.45, 2.75) is 25.5 Å². The van der Waals surface area contributed by atoms with Gasteiger partial charge in [-0.2, -0.15) is 4.98 Å². The van der Waals surface area contributed by atoms with E-state index in [1.54, 1.807) is 36.4 Å². The van der Waals surface area contributed by atoms with Gasteiger partial charge in [-0.15, -0.1) is 0 Å². The molecule has 3 aromatic rings. The highest BCUT2D eigenvalue weighted by Gasteiger charge is 2.21. The van der Waals surface area contributed by atoms with Gasteiger partial charge in [0.1, 0.15) is 5.82 Å². The van der Waals surface area contributed by atoms with Crippen LogP contribution >= 0.6 is 11.6 Å². The lowest BCUT2D eigenvalue weighted by atomic mass is 10.2. The van der Waals surface area contributed by atoms with Gasteiger partial charge in [-0.05, 0) is 43.2 Å². The Morgan fingerprint density at radius 3 is 2.86 bits per heavy atom. The summed E-state index contributed by atoms with van der Waals surface area (Å²) in [5.41, 5.74) is 0.651. The van der Waals surface area contributed by atoms with Crippen molar-refractivity contribution in [1.82, 2.24) is 9.55 Å². The van der Waals surface area contributed by atoms with E-state index in [0.29, 0.717) is 40.6 Å². The highest BCUT2D eigenvalue weighted by Crippen LogP contribution is 2.23. The Balaban J connectivity index is 1.68. The number of carbonyl (C=O) groups is 1. The normalized spacial score (nSPS) is 16.2. The lowest BCUT2D eigenvalue weighted by Crippen LogP contribution is -2.33. The fourth-order valence-electron chi connectivity index (χ4n) is 3.31. The summed E-state index contributed by atoms with van der Waals surface area (Å²) in [5.74, 6) is 0.394. The fraction of sp³-hybridized carbons (Fsp3) is 0.250. The van der Waals surface area contributed by atoms with Gasteiger partial charge in [0.15, 0.2) is 0 Å². The van der Waals surface area contributed by atoms with Crippen LogP contribution in [0.4, 0.5) is 16.3 Å². The molecule has 7 nitrogen and oxygen atoms in total. The number of nitrogens with one attached hydrogen (secondary N) is 2. The van der Waals surface area contributed by atoms with E-state index in [2.05, 4.69) is 15.6 Å². The van der Waals surface area contributed by atoms with Gasteiger partial charge in [-0.3, -0.25) is 9.88 Å². The number of hydrogen-bond acceptors (Lipinski definition) is 4. The average molecular weight is 399 g/mol. The Labute approximate surface area is 166 Å². The number of benzene rings is 2. The van der Waals surface area contributed by atoms with Crippen LogP contribution in [0.15, 0.2) is 53.3 Å². The van der Waals surface area contributed by atoms with E-state index in [9.17, 15) is 9.59 Å². The van der Waals surface area contributed by atoms with Gasteiger partial charge in [0.2, 0.25) is 0 Å². The summed E-state index contributed by atoms with van der Waals surface area (Å²) in [5, 5.41) is 6.74. The molecule has 2 aromatic carbocycles. The Bertz CT molecular complexity index is 1080. The van der Waals surface area contributed by atoms with Crippen molar-refractivity contribution >= 4 is 40.0 Å². The third-order valence-electron chi connectivity index (χ3n) is 4.60. The van der Waals surface area contributed by atoms with Crippen molar-refractivity contribution in [1.29, 1.82) is 0 Å². The zero-order valence-corrected chi connectivity index (χ0v) is 15.8. The predicted octanol–water partition coefficient (Wildman–Crippen LogP) is 3.87. The quantitative estimate of drug-likeness (QED) is 0.698. The van der Waals surface area contributed by atoms with Gasteiger partial charge in [-0.1, -0.05) is 29.8 Å². The van der Waals surface area contributed by atoms with E-state index in [-0.39, 0.29) is 6.10 Å². The van der Waals surface area contributed by atoms with Crippen LogP contribution in [0.2, 0.25) is 5.02 Å². The zero-order chi connectivity index (χ0) is 19.5. The first kappa shape index (κ1) is 18.5. The van der Waals surface area contributed by atoms with Gasteiger partial charge in [0.05, 0.1) is 18.2 Å². The van der Waals surface area contributed by atoms with Crippen LogP contribution in [0.25, 0.3) is 10.9 Å². The van der Waals surface area contributed by atoms with Crippen LogP contribution in [0.5, 0.6) is 0 Å². The van der Waals surface area contributed by atoms with E-state index < -0.39 is 11.7 Å². The van der Waals surface area contributed by atoms with E-state index in [1.165, 1.54) is 4.57 Å². The van der Waals surface area contributed by atoms with Gasteiger partial charge < -0.3 is 10.1 Å². The summed E-state index contributed by atoms with van der Waals surface area (Å²) in [7, 11) is 0. The molecule has 2 amide bonds. The molecule has 1 aliphatic rings. The Kier molecular flexibility index (Phi) is 5.27. The largest absolute Gasteiger partial charge is 0.376 e. The number of urea groups is 1. The molecule has 144 valence electrons. The topological polar surface area (TPSA) is 85.3 Å². The summed E-state index contributed by atoms with van der Waals surface area (Å²) >= 11 is 5.97. The van der Waals surface area contributed by atoms with E-state index in [4.69, 9.17) is 16.3 Å². The van der Waals surface area contributed by atoms with Crippen molar-refractivity contribution in [3.63, 3.8) is 0 Å².